The number of benzene rings is 1. The summed E-state index contributed by atoms with van der Waals surface area (Å²) in [4.78, 5) is 17.0. The molecule has 2 aliphatic rings. The third kappa shape index (κ3) is 2.92. The monoisotopic (exact) mass is 286 g/mol. The van der Waals surface area contributed by atoms with Crippen LogP contribution in [0.1, 0.15) is 36.8 Å². The van der Waals surface area contributed by atoms with Gasteiger partial charge in [-0.15, -0.1) is 0 Å². The van der Waals surface area contributed by atoms with Crippen LogP contribution in [0.5, 0.6) is 0 Å². The molecule has 0 aromatic heterocycles. The van der Waals surface area contributed by atoms with E-state index < -0.39 is 0 Å². The van der Waals surface area contributed by atoms with Gasteiger partial charge in [0.2, 0.25) is 5.91 Å². The lowest BCUT2D eigenvalue weighted by atomic mass is 9.94. The fourth-order valence-electron chi connectivity index (χ4n) is 3.64. The maximum absolute atomic E-state index is 12.5. The summed E-state index contributed by atoms with van der Waals surface area (Å²) in [6.45, 7) is 8.35. The Balaban J connectivity index is 1.62. The van der Waals surface area contributed by atoms with E-state index in [-0.39, 0.29) is 5.92 Å². The van der Waals surface area contributed by atoms with Crippen LogP contribution in [0.3, 0.4) is 0 Å². The average Bonchev–Trinajstić information content (AvgIpc) is 3.04. The van der Waals surface area contributed by atoms with Gasteiger partial charge in [-0.25, -0.2) is 0 Å². The van der Waals surface area contributed by atoms with Gasteiger partial charge in [-0.05, 0) is 56.7 Å². The van der Waals surface area contributed by atoms with E-state index in [0.29, 0.717) is 5.91 Å². The van der Waals surface area contributed by atoms with E-state index in [2.05, 4.69) is 41.8 Å². The van der Waals surface area contributed by atoms with Gasteiger partial charge in [0, 0.05) is 37.8 Å². The van der Waals surface area contributed by atoms with Crippen molar-refractivity contribution in [3.05, 3.63) is 29.3 Å². The zero-order valence-electron chi connectivity index (χ0n) is 13.3. The SMILES string of the molecule is Cc1cccc(N2CCC(C(=O)N3CCCC3)CC2)c1C. The number of hydrogen-bond donors (Lipinski definition) is 0. The number of amides is 1. The maximum Gasteiger partial charge on any atom is 0.225 e. The summed E-state index contributed by atoms with van der Waals surface area (Å²) in [6.07, 6.45) is 4.38. The Hall–Kier alpha value is -1.51. The van der Waals surface area contributed by atoms with Gasteiger partial charge in [-0.2, -0.15) is 0 Å². The second-order valence-corrected chi connectivity index (χ2v) is 6.51. The Bertz CT molecular complexity index is 512. The van der Waals surface area contributed by atoms with Crippen molar-refractivity contribution in [3.63, 3.8) is 0 Å². The zero-order valence-corrected chi connectivity index (χ0v) is 13.3. The van der Waals surface area contributed by atoms with Gasteiger partial charge in [0.25, 0.3) is 0 Å². The molecule has 0 spiro atoms. The molecule has 0 N–H and O–H groups in total. The third-order valence-electron chi connectivity index (χ3n) is 5.18. The highest BCUT2D eigenvalue weighted by Crippen LogP contribution is 2.29. The van der Waals surface area contributed by atoms with Crippen molar-refractivity contribution in [1.82, 2.24) is 4.90 Å². The summed E-state index contributed by atoms with van der Waals surface area (Å²) in [5, 5.41) is 0. The van der Waals surface area contributed by atoms with Gasteiger partial charge in [-0.3, -0.25) is 4.79 Å². The smallest absolute Gasteiger partial charge is 0.225 e. The molecule has 0 radical (unpaired) electrons. The van der Waals surface area contributed by atoms with Crippen LogP contribution in [0.15, 0.2) is 18.2 Å². The zero-order chi connectivity index (χ0) is 14.8. The average molecular weight is 286 g/mol. The minimum Gasteiger partial charge on any atom is -0.371 e. The number of aryl methyl sites for hydroxylation is 1. The number of piperidine rings is 1. The van der Waals surface area contributed by atoms with Gasteiger partial charge < -0.3 is 9.80 Å². The molecule has 1 amide bonds. The first-order chi connectivity index (χ1) is 10.2. The van der Waals surface area contributed by atoms with Gasteiger partial charge in [-0.1, -0.05) is 12.1 Å². The van der Waals surface area contributed by atoms with E-state index in [1.807, 2.05) is 0 Å². The molecule has 2 fully saturated rings. The van der Waals surface area contributed by atoms with E-state index >= 15 is 0 Å². The molecule has 3 nitrogen and oxygen atoms in total. The fraction of sp³-hybridized carbons (Fsp3) is 0.611. The topological polar surface area (TPSA) is 23.6 Å². The number of nitrogens with zero attached hydrogens (tertiary/aromatic N) is 2. The molecule has 0 bridgehead atoms. The molecule has 3 heteroatoms. The first kappa shape index (κ1) is 14.4. The van der Waals surface area contributed by atoms with Crippen LogP contribution in [-0.4, -0.2) is 37.0 Å². The first-order valence-corrected chi connectivity index (χ1v) is 8.27. The second kappa shape index (κ2) is 6.08. The highest BCUT2D eigenvalue weighted by Gasteiger charge is 2.30. The van der Waals surface area contributed by atoms with Crippen LogP contribution in [0.4, 0.5) is 5.69 Å². The molecule has 0 saturated carbocycles. The summed E-state index contributed by atoms with van der Waals surface area (Å²) in [7, 11) is 0. The van der Waals surface area contributed by atoms with E-state index in [4.69, 9.17) is 0 Å². The lowest BCUT2D eigenvalue weighted by Crippen LogP contribution is -2.41. The van der Waals surface area contributed by atoms with E-state index in [1.165, 1.54) is 29.7 Å². The summed E-state index contributed by atoms with van der Waals surface area (Å²) >= 11 is 0. The van der Waals surface area contributed by atoms with Crippen molar-refractivity contribution >= 4 is 11.6 Å². The van der Waals surface area contributed by atoms with Crippen LogP contribution >= 0.6 is 0 Å². The second-order valence-electron chi connectivity index (χ2n) is 6.51. The molecule has 0 unspecified atom stereocenters. The number of anilines is 1. The molecule has 0 aliphatic carbocycles. The van der Waals surface area contributed by atoms with Crippen LogP contribution in [0.2, 0.25) is 0 Å². The molecule has 1 aromatic carbocycles. The van der Waals surface area contributed by atoms with Crippen molar-refractivity contribution in [3.8, 4) is 0 Å². The molecule has 114 valence electrons. The summed E-state index contributed by atoms with van der Waals surface area (Å²) in [6, 6.07) is 6.52. The third-order valence-corrected chi connectivity index (χ3v) is 5.18. The first-order valence-electron chi connectivity index (χ1n) is 8.27. The molecule has 21 heavy (non-hydrogen) atoms. The predicted molar refractivity (Wildman–Crippen MR) is 86.7 cm³/mol. The Labute approximate surface area is 127 Å². The molecule has 3 rings (SSSR count). The largest absolute Gasteiger partial charge is 0.371 e. The number of carbonyl (C=O) groups is 1. The van der Waals surface area contributed by atoms with Gasteiger partial charge in [0.05, 0.1) is 0 Å². The van der Waals surface area contributed by atoms with Gasteiger partial charge in [0.15, 0.2) is 0 Å². The molecule has 2 saturated heterocycles. The predicted octanol–water partition coefficient (Wildman–Crippen LogP) is 3.14. The van der Waals surface area contributed by atoms with Gasteiger partial charge >= 0.3 is 0 Å². The summed E-state index contributed by atoms with van der Waals surface area (Å²) < 4.78 is 0. The molecule has 2 heterocycles. The molecular formula is C18H26N2O. The maximum atomic E-state index is 12.5. The quantitative estimate of drug-likeness (QED) is 0.834. The molecular weight excluding hydrogens is 260 g/mol. The van der Waals surface area contributed by atoms with Crippen LogP contribution < -0.4 is 4.90 Å². The summed E-state index contributed by atoms with van der Waals surface area (Å²) in [5.74, 6) is 0.664. The van der Waals surface area contributed by atoms with Crippen molar-refractivity contribution in [2.24, 2.45) is 5.92 Å². The van der Waals surface area contributed by atoms with Crippen LogP contribution in [-0.2, 0) is 4.79 Å². The van der Waals surface area contributed by atoms with Crippen molar-refractivity contribution in [1.29, 1.82) is 0 Å². The minimum atomic E-state index is 0.254. The highest BCUT2D eigenvalue weighted by atomic mass is 16.2. The lowest BCUT2D eigenvalue weighted by molar-refractivity contribution is -0.135. The van der Waals surface area contributed by atoms with Crippen LogP contribution in [0, 0.1) is 19.8 Å². The van der Waals surface area contributed by atoms with Crippen molar-refractivity contribution in [2.75, 3.05) is 31.1 Å². The van der Waals surface area contributed by atoms with E-state index in [9.17, 15) is 4.79 Å². The minimum absolute atomic E-state index is 0.254. The Morgan fingerprint density at radius 1 is 1.05 bits per heavy atom. The van der Waals surface area contributed by atoms with Crippen molar-refractivity contribution < 1.29 is 4.79 Å². The number of carbonyl (C=O) groups excluding carboxylic acids is 1. The van der Waals surface area contributed by atoms with E-state index in [1.54, 1.807) is 0 Å². The standard InChI is InChI=1S/C18H26N2O/c1-14-6-5-7-17(15(14)2)19-12-8-16(9-13-19)18(21)20-10-3-4-11-20/h5-7,16H,3-4,8-13H2,1-2H3. The molecule has 0 atom stereocenters. The number of hydrogen-bond acceptors (Lipinski definition) is 2. The van der Waals surface area contributed by atoms with E-state index in [0.717, 1.165) is 39.0 Å². The lowest BCUT2D eigenvalue weighted by Gasteiger charge is -2.35. The Morgan fingerprint density at radius 2 is 1.71 bits per heavy atom. The normalized spacial score (nSPS) is 20.1. The Morgan fingerprint density at radius 3 is 2.38 bits per heavy atom. The van der Waals surface area contributed by atoms with Crippen molar-refractivity contribution in [2.45, 2.75) is 39.5 Å². The molecule has 2 aliphatic heterocycles. The Kier molecular flexibility index (Phi) is 4.18. The number of rotatable bonds is 2. The highest BCUT2D eigenvalue weighted by molar-refractivity contribution is 5.79. The molecule has 1 aromatic rings. The summed E-state index contributed by atoms with van der Waals surface area (Å²) in [5.41, 5.74) is 4.08. The number of likely N-dealkylation sites (tertiary alicyclic amines) is 1. The van der Waals surface area contributed by atoms with Crippen LogP contribution in [0.25, 0.3) is 0 Å². The van der Waals surface area contributed by atoms with Gasteiger partial charge in [0.1, 0.15) is 0 Å². The fourth-order valence-corrected chi connectivity index (χ4v) is 3.64.